The van der Waals surface area contributed by atoms with Gasteiger partial charge >= 0.3 is 0 Å². The predicted octanol–water partition coefficient (Wildman–Crippen LogP) is 4.82. The molecule has 6 heteroatoms. The van der Waals surface area contributed by atoms with Crippen molar-refractivity contribution in [1.29, 1.82) is 0 Å². The van der Waals surface area contributed by atoms with Crippen LogP contribution in [0.3, 0.4) is 0 Å². The fourth-order valence-electron chi connectivity index (χ4n) is 4.75. The van der Waals surface area contributed by atoms with E-state index in [0.717, 1.165) is 53.0 Å². The molecule has 1 unspecified atom stereocenters. The average molecular weight is 440 g/mol. The molecule has 2 aliphatic rings. The quantitative estimate of drug-likeness (QED) is 0.556. The van der Waals surface area contributed by atoms with E-state index >= 15 is 0 Å². The zero-order valence-electron chi connectivity index (χ0n) is 19.1. The van der Waals surface area contributed by atoms with Gasteiger partial charge in [-0.1, -0.05) is 12.1 Å². The number of benzene rings is 1. The fourth-order valence-corrected chi connectivity index (χ4v) is 4.75. The van der Waals surface area contributed by atoms with Crippen molar-refractivity contribution in [3.05, 3.63) is 77.2 Å². The molecule has 5 rings (SSSR count). The summed E-state index contributed by atoms with van der Waals surface area (Å²) in [4.78, 5) is 23.4. The molecular formula is C27H29N5O. The van der Waals surface area contributed by atoms with E-state index in [9.17, 15) is 4.79 Å². The second-order valence-corrected chi connectivity index (χ2v) is 8.99. The first-order valence-electron chi connectivity index (χ1n) is 11.5. The number of pyridine rings is 2. The standard InChI is InChI=1S/C27H29N5O/c1-18-7-11-28-16-23(18)24-15-21-8-12-29-25(17-33)26(21)27(31-24)30-22-5-3-19(4-6-22)20-9-13-32(2)14-10-20/h3-8,11-12,15-17,20,25,29H,9-10,13-14H2,1-2H3,(H,30,31). The van der Waals surface area contributed by atoms with Crippen LogP contribution in [-0.2, 0) is 4.79 Å². The Morgan fingerprint density at radius 1 is 1.15 bits per heavy atom. The summed E-state index contributed by atoms with van der Waals surface area (Å²) < 4.78 is 0. The zero-order chi connectivity index (χ0) is 22.8. The lowest BCUT2D eigenvalue weighted by Crippen LogP contribution is -2.29. The number of nitrogens with zero attached hydrogens (tertiary/aromatic N) is 3. The summed E-state index contributed by atoms with van der Waals surface area (Å²) >= 11 is 0. The van der Waals surface area contributed by atoms with E-state index in [4.69, 9.17) is 4.98 Å². The Hall–Kier alpha value is -3.51. The van der Waals surface area contributed by atoms with E-state index in [2.05, 4.69) is 58.8 Å². The van der Waals surface area contributed by atoms with Crippen LogP contribution in [0.15, 0.2) is 55.0 Å². The third kappa shape index (κ3) is 4.39. The van der Waals surface area contributed by atoms with Crippen LogP contribution in [0.4, 0.5) is 11.5 Å². The Morgan fingerprint density at radius 3 is 2.67 bits per heavy atom. The number of aryl methyl sites for hydroxylation is 1. The van der Waals surface area contributed by atoms with Crippen molar-refractivity contribution in [3.63, 3.8) is 0 Å². The molecule has 0 aliphatic carbocycles. The maximum atomic E-state index is 11.8. The van der Waals surface area contributed by atoms with Crippen LogP contribution in [0.25, 0.3) is 17.3 Å². The SMILES string of the molecule is Cc1ccncc1-c1cc2c(c(Nc3ccc(C4CCN(C)CC4)cc3)n1)C(C=O)NC=C2. The van der Waals surface area contributed by atoms with Crippen LogP contribution in [-0.4, -0.2) is 41.3 Å². The van der Waals surface area contributed by atoms with Crippen molar-refractivity contribution >= 4 is 23.9 Å². The summed E-state index contributed by atoms with van der Waals surface area (Å²) in [7, 11) is 2.19. The van der Waals surface area contributed by atoms with Gasteiger partial charge in [-0.05, 0) is 99.1 Å². The van der Waals surface area contributed by atoms with Crippen LogP contribution in [0.5, 0.6) is 0 Å². The summed E-state index contributed by atoms with van der Waals surface area (Å²) in [5.74, 6) is 1.30. The molecular weight excluding hydrogens is 410 g/mol. The van der Waals surface area contributed by atoms with Gasteiger partial charge < -0.3 is 20.3 Å². The largest absolute Gasteiger partial charge is 0.378 e. The third-order valence-corrected chi connectivity index (χ3v) is 6.75. The molecule has 6 nitrogen and oxygen atoms in total. The van der Waals surface area contributed by atoms with Crippen LogP contribution in [0.1, 0.15) is 47.1 Å². The summed E-state index contributed by atoms with van der Waals surface area (Å²) in [6.45, 7) is 4.35. The number of likely N-dealkylation sites (tertiary alicyclic amines) is 1. The number of aromatic nitrogens is 2. The topological polar surface area (TPSA) is 70.2 Å². The molecule has 1 fully saturated rings. The van der Waals surface area contributed by atoms with Gasteiger partial charge in [0.15, 0.2) is 0 Å². The molecule has 1 aromatic carbocycles. The number of fused-ring (bicyclic) bond motifs is 1. The monoisotopic (exact) mass is 439 g/mol. The summed E-state index contributed by atoms with van der Waals surface area (Å²) in [5.41, 5.74) is 7.10. The van der Waals surface area contributed by atoms with Gasteiger partial charge in [0, 0.05) is 29.2 Å². The molecule has 0 spiro atoms. The van der Waals surface area contributed by atoms with Crippen LogP contribution < -0.4 is 10.6 Å². The van der Waals surface area contributed by atoms with E-state index in [-0.39, 0.29) is 0 Å². The van der Waals surface area contributed by atoms with Crippen molar-refractivity contribution in [2.24, 2.45) is 0 Å². The molecule has 33 heavy (non-hydrogen) atoms. The molecule has 2 aromatic heterocycles. The number of carbonyl (C=O) groups excluding carboxylic acids is 1. The molecule has 2 N–H and O–H groups in total. The van der Waals surface area contributed by atoms with Crippen molar-refractivity contribution in [1.82, 2.24) is 20.2 Å². The number of piperidine rings is 1. The lowest BCUT2D eigenvalue weighted by Gasteiger charge is -2.29. The second-order valence-electron chi connectivity index (χ2n) is 8.99. The number of rotatable bonds is 5. The van der Waals surface area contributed by atoms with Crippen molar-refractivity contribution in [2.45, 2.75) is 31.7 Å². The molecule has 0 bridgehead atoms. The lowest BCUT2D eigenvalue weighted by atomic mass is 9.89. The van der Waals surface area contributed by atoms with E-state index in [1.807, 2.05) is 30.6 Å². The lowest BCUT2D eigenvalue weighted by molar-refractivity contribution is -0.109. The van der Waals surface area contributed by atoms with Crippen LogP contribution >= 0.6 is 0 Å². The minimum Gasteiger partial charge on any atom is -0.378 e. The second kappa shape index (κ2) is 9.16. The highest BCUT2D eigenvalue weighted by Crippen LogP contribution is 2.35. The highest BCUT2D eigenvalue weighted by molar-refractivity contribution is 5.80. The van der Waals surface area contributed by atoms with Crippen molar-refractivity contribution < 1.29 is 4.79 Å². The molecule has 3 aromatic rings. The molecule has 4 heterocycles. The fraction of sp³-hybridized carbons (Fsp3) is 0.296. The number of hydrogen-bond acceptors (Lipinski definition) is 6. The summed E-state index contributed by atoms with van der Waals surface area (Å²) in [5, 5.41) is 6.62. The van der Waals surface area contributed by atoms with Crippen LogP contribution in [0.2, 0.25) is 0 Å². The molecule has 2 aliphatic heterocycles. The van der Waals surface area contributed by atoms with E-state index in [1.165, 1.54) is 18.4 Å². The van der Waals surface area contributed by atoms with Gasteiger partial charge in [0.1, 0.15) is 18.1 Å². The van der Waals surface area contributed by atoms with Gasteiger partial charge in [-0.15, -0.1) is 0 Å². The van der Waals surface area contributed by atoms with Gasteiger partial charge in [0.2, 0.25) is 0 Å². The van der Waals surface area contributed by atoms with Crippen molar-refractivity contribution in [2.75, 3.05) is 25.5 Å². The van der Waals surface area contributed by atoms with Crippen molar-refractivity contribution in [3.8, 4) is 11.3 Å². The molecule has 0 radical (unpaired) electrons. The predicted molar refractivity (Wildman–Crippen MR) is 132 cm³/mol. The number of aldehydes is 1. The smallest absolute Gasteiger partial charge is 0.146 e. The highest BCUT2D eigenvalue weighted by Gasteiger charge is 2.23. The first kappa shape index (κ1) is 21.3. The minimum atomic E-state index is -0.442. The number of hydrogen-bond donors (Lipinski definition) is 2. The van der Waals surface area contributed by atoms with E-state index in [0.29, 0.717) is 11.7 Å². The molecule has 1 saturated heterocycles. The maximum Gasteiger partial charge on any atom is 0.146 e. The average Bonchev–Trinajstić information content (AvgIpc) is 2.85. The zero-order valence-corrected chi connectivity index (χ0v) is 19.1. The van der Waals surface area contributed by atoms with Gasteiger partial charge in [-0.25, -0.2) is 4.98 Å². The normalized spacial score (nSPS) is 18.4. The minimum absolute atomic E-state index is 0.442. The summed E-state index contributed by atoms with van der Waals surface area (Å²) in [6.07, 6.45) is 10.8. The number of nitrogens with one attached hydrogen (secondary N) is 2. The number of carbonyl (C=O) groups is 1. The first-order chi connectivity index (χ1) is 16.1. The number of anilines is 2. The first-order valence-corrected chi connectivity index (χ1v) is 11.5. The Kier molecular flexibility index (Phi) is 5.92. The molecule has 0 amide bonds. The summed E-state index contributed by atoms with van der Waals surface area (Å²) in [6, 6.07) is 12.2. The Balaban J connectivity index is 1.49. The molecule has 1 atom stereocenters. The highest BCUT2D eigenvalue weighted by atomic mass is 16.1. The third-order valence-electron chi connectivity index (χ3n) is 6.75. The van der Waals surface area contributed by atoms with Gasteiger partial charge in [-0.3, -0.25) is 4.98 Å². The molecule has 168 valence electrons. The van der Waals surface area contributed by atoms with E-state index < -0.39 is 6.04 Å². The van der Waals surface area contributed by atoms with Gasteiger partial charge in [-0.2, -0.15) is 0 Å². The Morgan fingerprint density at radius 2 is 1.94 bits per heavy atom. The Bertz CT molecular complexity index is 1180. The maximum absolute atomic E-state index is 11.8. The Labute approximate surface area is 194 Å². The van der Waals surface area contributed by atoms with Gasteiger partial charge in [0.25, 0.3) is 0 Å². The van der Waals surface area contributed by atoms with E-state index in [1.54, 1.807) is 6.20 Å². The van der Waals surface area contributed by atoms with Gasteiger partial charge in [0.05, 0.1) is 5.69 Å². The molecule has 0 saturated carbocycles. The van der Waals surface area contributed by atoms with Crippen LogP contribution in [0, 0.1) is 6.92 Å².